The molecule has 1 saturated heterocycles. The zero-order valence-electron chi connectivity index (χ0n) is 18.1. The lowest BCUT2D eigenvalue weighted by Crippen LogP contribution is -2.58. The standard InChI is InChI=1S/C21H25ClN4O7/c1-12(26(24-13(2)28)21(33)14-5-3-6-15(22)9-14)20(32)25-8-4-7-17(25)19(31)23-16(11-27)10-18(29)30/h3,5-6,9,11-12,16-17H,4,7-8,10H2,1-2H3,(H,23,31)(H,24,28)(H,29,30). The molecule has 0 saturated carbocycles. The van der Waals surface area contributed by atoms with Crippen LogP contribution in [0.15, 0.2) is 24.3 Å². The topological polar surface area (TPSA) is 153 Å². The van der Waals surface area contributed by atoms with E-state index in [9.17, 15) is 28.8 Å². The predicted molar refractivity (Wildman–Crippen MR) is 116 cm³/mol. The first-order valence-corrected chi connectivity index (χ1v) is 10.6. The lowest BCUT2D eigenvalue weighted by atomic mass is 10.1. The third-order valence-electron chi connectivity index (χ3n) is 5.04. The van der Waals surface area contributed by atoms with E-state index < -0.39 is 54.1 Å². The van der Waals surface area contributed by atoms with Crippen molar-refractivity contribution in [1.29, 1.82) is 0 Å². The first kappa shape index (κ1) is 25.8. The normalized spacial score (nSPS) is 16.9. The Bertz CT molecular complexity index is 954. The number of amides is 4. The minimum atomic E-state index is -1.26. The maximum atomic E-state index is 13.2. The van der Waals surface area contributed by atoms with Crippen LogP contribution in [0.4, 0.5) is 0 Å². The van der Waals surface area contributed by atoms with Crippen molar-refractivity contribution < 1.29 is 33.9 Å². The average molecular weight is 481 g/mol. The van der Waals surface area contributed by atoms with Gasteiger partial charge in [0, 0.05) is 24.1 Å². The molecular formula is C21H25ClN4O7. The Labute approximate surface area is 195 Å². The molecule has 3 N–H and O–H groups in total. The SMILES string of the molecule is CC(=O)NN(C(=O)c1cccc(Cl)c1)C(C)C(=O)N1CCCC1C(=O)NC(C=O)CC(=O)O. The van der Waals surface area contributed by atoms with E-state index in [1.165, 1.54) is 30.9 Å². The first-order chi connectivity index (χ1) is 15.5. The molecule has 3 unspecified atom stereocenters. The Morgan fingerprint density at radius 2 is 2.00 bits per heavy atom. The number of aldehydes is 1. The molecule has 1 aliphatic rings. The van der Waals surface area contributed by atoms with Crippen molar-refractivity contribution in [2.24, 2.45) is 0 Å². The summed E-state index contributed by atoms with van der Waals surface area (Å²) in [5, 5.41) is 12.4. The molecule has 3 atom stereocenters. The molecule has 12 heteroatoms. The second-order valence-electron chi connectivity index (χ2n) is 7.57. The molecule has 0 aromatic heterocycles. The maximum absolute atomic E-state index is 13.2. The molecule has 0 radical (unpaired) electrons. The van der Waals surface area contributed by atoms with Crippen molar-refractivity contribution in [2.75, 3.05) is 6.54 Å². The third-order valence-corrected chi connectivity index (χ3v) is 5.27. The highest BCUT2D eigenvalue weighted by Crippen LogP contribution is 2.21. The van der Waals surface area contributed by atoms with E-state index in [0.717, 1.165) is 5.01 Å². The highest BCUT2D eigenvalue weighted by atomic mass is 35.5. The van der Waals surface area contributed by atoms with E-state index in [1.807, 2.05) is 0 Å². The molecule has 2 rings (SSSR count). The summed E-state index contributed by atoms with van der Waals surface area (Å²) in [6.45, 7) is 2.81. The smallest absolute Gasteiger partial charge is 0.305 e. The molecule has 4 amide bonds. The van der Waals surface area contributed by atoms with Crippen LogP contribution in [0.5, 0.6) is 0 Å². The molecular weight excluding hydrogens is 456 g/mol. The van der Waals surface area contributed by atoms with Crippen molar-refractivity contribution >= 4 is 47.5 Å². The van der Waals surface area contributed by atoms with Gasteiger partial charge in [-0.2, -0.15) is 0 Å². The number of nitrogens with one attached hydrogen (secondary N) is 2. The van der Waals surface area contributed by atoms with Crippen LogP contribution in [-0.2, 0) is 24.0 Å². The number of likely N-dealkylation sites (tertiary alicyclic amines) is 1. The molecule has 33 heavy (non-hydrogen) atoms. The monoisotopic (exact) mass is 480 g/mol. The predicted octanol–water partition coefficient (Wildman–Crippen LogP) is 0.371. The Hall–Kier alpha value is -3.47. The third kappa shape index (κ3) is 6.75. The van der Waals surface area contributed by atoms with Gasteiger partial charge in [0.25, 0.3) is 5.91 Å². The summed E-state index contributed by atoms with van der Waals surface area (Å²) in [6.07, 6.45) is 0.517. The lowest BCUT2D eigenvalue weighted by Gasteiger charge is -2.33. The Morgan fingerprint density at radius 1 is 1.30 bits per heavy atom. The quantitative estimate of drug-likeness (QED) is 0.359. The van der Waals surface area contributed by atoms with Gasteiger partial charge < -0.3 is 20.1 Å². The number of carbonyl (C=O) groups is 6. The fraction of sp³-hybridized carbons (Fsp3) is 0.429. The fourth-order valence-electron chi connectivity index (χ4n) is 3.51. The molecule has 1 heterocycles. The molecule has 1 aromatic rings. The summed E-state index contributed by atoms with van der Waals surface area (Å²) in [7, 11) is 0. The van der Waals surface area contributed by atoms with Crippen LogP contribution in [0.3, 0.4) is 0 Å². The van der Waals surface area contributed by atoms with Gasteiger partial charge in [0.05, 0.1) is 12.5 Å². The minimum absolute atomic E-state index is 0.147. The summed E-state index contributed by atoms with van der Waals surface area (Å²) in [4.78, 5) is 73.8. The number of hydrogen-bond donors (Lipinski definition) is 3. The van der Waals surface area contributed by atoms with Crippen molar-refractivity contribution in [3.8, 4) is 0 Å². The van der Waals surface area contributed by atoms with Crippen LogP contribution >= 0.6 is 11.6 Å². The molecule has 11 nitrogen and oxygen atoms in total. The van der Waals surface area contributed by atoms with Crippen LogP contribution in [0.1, 0.15) is 43.5 Å². The zero-order chi connectivity index (χ0) is 24.7. The summed E-state index contributed by atoms with van der Waals surface area (Å²) < 4.78 is 0. The molecule has 1 fully saturated rings. The van der Waals surface area contributed by atoms with Crippen molar-refractivity contribution in [2.45, 2.75) is 51.2 Å². The van der Waals surface area contributed by atoms with Gasteiger partial charge in [0.15, 0.2) is 0 Å². The van der Waals surface area contributed by atoms with Gasteiger partial charge in [-0.15, -0.1) is 0 Å². The fourth-order valence-corrected chi connectivity index (χ4v) is 3.70. The summed E-state index contributed by atoms with van der Waals surface area (Å²) in [6, 6.07) is 2.64. The Balaban J connectivity index is 2.21. The van der Waals surface area contributed by atoms with Gasteiger partial charge in [0.1, 0.15) is 18.4 Å². The van der Waals surface area contributed by atoms with Crippen LogP contribution in [0, 0.1) is 0 Å². The number of rotatable bonds is 8. The van der Waals surface area contributed by atoms with E-state index in [1.54, 1.807) is 12.1 Å². The van der Waals surface area contributed by atoms with E-state index in [4.69, 9.17) is 16.7 Å². The Morgan fingerprint density at radius 3 is 2.58 bits per heavy atom. The van der Waals surface area contributed by atoms with E-state index >= 15 is 0 Å². The molecule has 0 aliphatic carbocycles. The molecule has 178 valence electrons. The van der Waals surface area contributed by atoms with E-state index in [-0.39, 0.29) is 12.1 Å². The summed E-state index contributed by atoms with van der Waals surface area (Å²) >= 11 is 5.94. The van der Waals surface area contributed by atoms with E-state index in [0.29, 0.717) is 24.2 Å². The summed E-state index contributed by atoms with van der Waals surface area (Å²) in [5.74, 6) is -3.78. The number of carboxylic acids is 1. The van der Waals surface area contributed by atoms with Crippen molar-refractivity contribution in [1.82, 2.24) is 20.7 Å². The van der Waals surface area contributed by atoms with Crippen molar-refractivity contribution in [3.05, 3.63) is 34.9 Å². The molecule has 0 bridgehead atoms. The first-order valence-electron chi connectivity index (χ1n) is 10.2. The van der Waals surface area contributed by atoms with Gasteiger partial charge in [-0.3, -0.25) is 29.4 Å². The number of benzene rings is 1. The number of nitrogens with zero attached hydrogens (tertiary/aromatic N) is 2. The van der Waals surface area contributed by atoms with Crippen molar-refractivity contribution in [3.63, 3.8) is 0 Å². The Kier molecular flexibility index (Phi) is 8.92. The number of halogens is 1. The number of hydrazine groups is 1. The second kappa shape index (κ2) is 11.4. The number of carboxylic acid groups (broad SMARTS) is 1. The minimum Gasteiger partial charge on any atom is -0.481 e. The van der Waals surface area contributed by atoms with Crippen LogP contribution in [0.2, 0.25) is 5.02 Å². The largest absolute Gasteiger partial charge is 0.481 e. The van der Waals surface area contributed by atoms with Crippen LogP contribution < -0.4 is 10.7 Å². The van der Waals surface area contributed by atoms with Crippen LogP contribution in [0.25, 0.3) is 0 Å². The highest BCUT2D eigenvalue weighted by molar-refractivity contribution is 6.31. The molecule has 0 spiro atoms. The number of aliphatic carboxylic acids is 1. The highest BCUT2D eigenvalue weighted by Gasteiger charge is 2.39. The second-order valence-corrected chi connectivity index (χ2v) is 8.00. The number of hydrogen-bond acceptors (Lipinski definition) is 6. The summed E-state index contributed by atoms with van der Waals surface area (Å²) in [5.41, 5.74) is 2.50. The molecule has 1 aromatic carbocycles. The maximum Gasteiger partial charge on any atom is 0.305 e. The average Bonchev–Trinajstić information content (AvgIpc) is 3.25. The molecule has 1 aliphatic heterocycles. The number of carbonyl (C=O) groups excluding carboxylic acids is 5. The van der Waals surface area contributed by atoms with Crippen LogP contribution in [-0.4, -0.2) is 75.6 Å². The van der Waals surface area contributed by atoms with Gasteiger partial charge in [0.2, 0.25) is 17.7 Å². The zero-order valence-corrected chi connectivity index (χ0v) is 18.9. The van der Waals surface area contributed by atoms with Gasteiger partial charge >= 0.3 is 5.97 Å². The lowest BCUT2D eigenvalue weighted by molar-refractivity contribution is -0.144. The van der Waals surface area contributed by atoms with E-state index in [2.05, 4.69) is 10.7 Å². The van der Waals surface area contributed by atoms with Gasteiger partial charge in [-0.1, -0.05) is 17.7 Å². The van der Waals surface area contributed by atoms with Gasteiger partial charge in [-0.25, -0.2) is 5.01 Å². The van der Waals surface area contributed by atoms with Gasteiger partial charge in [-0.05, 0) is 38.0 Å².